The van der Waals surface area contributed by atoms with Gasteiger partial charge in [-0.05, 0) is 77.9 Å². The fraction of sp³-hybridized carbons (Fsp3) is 0.115. The number of benzene rings is 2. The van der Waals surface area contributed by atoms with Crippen LogP contribution in [0.15, 0.2) is 83.8 Å². The van der Waals surface area contributed by atoms with Crippen molar-refractivity contribution in [3.8, 4) is 22.9 Å². The molecule has 0 aliphatic rings. The summed E-state index contributed by atoms with van der Waals surface area (Å²) < 4.78 is 33.8. The maximum atomic E-state index is 13.5. The van der Waals surface area contributed by atoms with E-state index in [0.717, 1.165) is 0 Å². The summed E-state index contributed by atoms with van der Waals surface area (Å²) in [6, 6.07) is 18.0. The average molecular weight is 461 g/mol. The molecule has 2 aromatic heterocycles. The lowest BCUT2D eigenvalue weighted by Gasteiger charge is -2.16. The second-order valence-electron chi connectivity index (χ2n) is 7.49. The predicted octanol–water partition coefficient (Wildman–Crippen LogP) is 5.38. The van der Waals surface area contributed by atoms with Gasteiger partial charge in [-0.3, -0.25) is 9.59 Å². The highest BCUT2D eigenvalue weighted by atomic mass is 19.1. The number of ether oxygens (including phenoxy) is 1. The van der Waals surface area contributed by atoms with Gasteiger partial charge in [-0.25, -0.2) is 13.8 Å². The number of pyridine rings is 2. The maximum absolute atomic E-state index is 13.5. The number of rotatable bonds is 7. The van der Waals surface area contributed by atoms with Crippen molar-refractivity contribution in [2.45, 2.75) is 19.9 Å². The van der Waals surface area contributed by atoms with Gasteiger partial charge in [0, 0.05) is 18.7 Å². The van der Waals surface area contributed by atoms with Crippen LogP contribution < -0.4 is 15.6 Å². The Kier molecular flexibility index (Phi) is 6.77. The number of halogens is 2. The molecule has 0 spiro atoms. The van der Waals surface area contributed by atoms with Gasteiger partial charge in [-0.1, -0.05) is 6.92 Å². The lowest BCUT2D eigenvalue weighted by molar-refractivity contribution is -0.115. The number of hydrogen-bond donors (Lipinski definition) is 1. The number of anilines is 1. The van der Waals surface area contributed by atoms with Crippen molar-refractivity contribution in [3.05, 3.63) is 107 Å². The van der Waals surface area contributed by atoms with Crippen LogP contribution in [-0.4, -0.2) is 15.5 Å². The largest absolute Gasteiger partial charge is 0.439 e. The molecule has 0 unspecified atom stereocenters. The van der Waals surface area contributed by atoms with E-state index in [0.29, 0.717) is 22.6 Å². The van der Waals surface area contributed by atoms with Gasteiger partial charge >= 0.3 is 0 Å². The summed E-state index contributed by atoms with van der Waals surface area (Å²) in [7, 11) is 0. The third kappa shape index (κ3) is 5.35. The van der Waals surface area contributed by atoms with Crippen LogP contribution in [0.5, 0.6) is 11.6 Å². The second-order valence-corrected chi connectivity index (χ2v) is 7.49. The third-order valence-corrected chi connectivity index (χ3v) is 5.09. The first kappa shape index (κ1) is 22.8. The Morgan fingerprint density at radius 3 is 2.32 bits per heavy atom. The van der Waals surface area contributed by atoms with Crippen molar-refractivity contribution < 1.29 is 18.3 Å². The monoisotopic (exact) mass is 461 g/mol. The van der Waals surface area contributed by atoms with Crippen LogP contribution in [0.1, 0.15) is 18.9 Å². The van der Waals surface area contributed by atoms with E-state index in [1.54, 1.807) is 49.5 Å². The summed E-state index contributed by atoms with van der Waals surface area (Å²) in [5.74, 6) is -0.356. The highest BCUT2D eigenvalue weighted by molar-refractivity contribution is 5.90. The summed E-state index contributed by atoms with van der Waals surface area (Å²) >= 11 is 0. The molecular weight excluding hydrogens is 440 g/mol. The molecule has 6 nitrogen and oxygen atoms in total. The second kappa shape index (κ2) is 10.1. The smallest absolute Gasteiger partial charge is 0.275 e. The van der Waals surface area contributed by atoms with Gasteiger partial charge in [0.25, 0.3) is 5.56 Å². The number of carbonyl (C=O) groups excluding carboxylic acids is 1. The highest BCUT2D eigenvalue weighted by Crippen LogP contribution is 2.23. The van der Waals surface area contributed by atoms with E-state index in [1.807, 2.05) is 0 Å². The Bertz CT molecular complexity index is 1370. The average Bonchev–Trinajstić information content (AvgIpc) is 2.84. The molecule has 0 aliphatic carbocycles. The summed E-state index contributed by atoms with van der Waals surface area (Å²) in [6.45, 7) is 1.84. The van der Waals surface area contributed by atoms with Crippen LogP contribution in [-0.2, 0) is 11.3 Å². The standard InChI is InChI=1S/C26H21F2N3O3/c1-2-24(32)30-22-11-12-23(18-3-5-19(27)6-4-18)31(26(22)33)16-17-13-14-29-25(15-17)34-21-9-7-20(28)8-10-21/h3-15H,2,16H2,1H3,(H,30,32). The first-order valence-corrected chi connectivity index (χ1v) is 10.6. The molecule has 0 saturated heterocycles. The lowest BCUT2D eigenvalue weighted by Crippen LogP contribution is -2.27. The molecule has 1 N–H and O–H groups in total. The lowest BCUT2D eigenvalue weighted by atomic mass is 10.1. The molecule has 2 heterocycles. The van der Waals surface area contributed by atoms with Gasteiger partial charge in [0.05, 0.1) is 12.2 Å². The van der Waals surface area contributed by atoms with Gasteiger partial charge in [-0.15, -0.1) is 0 Å². The zero-order chi connectivity index (χ0) is 24.1. The molecule has 34 heavy (non-hydrogen) atoms. The topological polar surface area (TPSA) is 73.2 Å². The third-order valence-electron chi connectivity index (χ3n) is 5.09. The summed E-state index contributed by atoms with van der Waals surface area (Å²) in [5, 5.41) is 2.62. The number of hydrogen-bond acceptors (Lipinski definition) is 4. The molecule has 1 amide bonds. The number of carbonyl (C=O) groups is 1. The van der Waals surface area contributed by atoms with E-state index in [9.17, 15) is 18.4 Å². The van der Waals surface area contributed by atoms with Gasteiger partial charge in [-0.2, -0.15) is 0 Å². The Morgan fingerprint density at radius 1 is 0.971 bits per heavy atom. The molecule has 8 heteroatoms. The molecule has 172 valence electrons. The van der Waals surface area contributed by atoms with E-state index < -0.39 is 5.56 Å². The SMILES string of the molecule is CCC(=O)Nc1ccc(-c2ccc(F)cc2)n(Cc2ccnc(Oc3ccc(F)cc3)c2)c1=O. The van der Waals surface area contributed by atoms with Crippen LogP contribution in [0, 0.1) is 11.6 Å². The minimum absolute atomic E-state index is 0.143. The molecule has 0 atom stereocenters. The van der Waals surface area contributed by atoms with E-state index in [-0.39, 0.29) is 42.1 Å². The zero-order valence-corrected chi connectivity index (χ0v) is 18.3. The van der Waals surface area contributed by atoms with Crippen molar-refractivity contribution in [3.63, 3.8) is 0 Å². The number of nitrogens with zero attached hydrogens (tertiary/aromatic N) is 2. The summed E-state index contributed by atoms with van der Waals surface area (Å²) in [5.41, 5.74) is 1.65. The van der Waals surface area contributed by atoms with E-state index in [4.69, 9.17) is 4.74 Å². The fourth-order valence-corrected chi connectivity index (χ4v) is 3.35. The van der Waals surface area contributed by atoms with E-state index >= 15 is 0 Å². The Balaban J connectivity index is 1.71. The van der Waals surface area contributed by atoms with Crippen molar-refractivity contribution in [2.75, 3.05) is 5.32 Å². The Labute approximate surface area is 194 Å². The van der Waals surface area contributed by atoms with Gasteiger partial charge < -0.3 is 14.6 Å². The number of aromatic nitrogens is 2. The number of nitrogens with one attached hydrogen (secondary N) is 1. The van der Waals surface area contributed by atoms with Crippen LogP contribution in [0.3, 0.4) is 0 Å². The van der Waals surface area contributed by atoms with Crippen LogP contribution in [0.25, 0.3) is 11.3 Å². The van der Waals surface area contributed by atoms with Crippen molar-refractivity contribution in [2.24, 2.45) is 0 Å². The van der Waals surface area contributed by atoms with Crippen molar-refractivity contribution in [1.29, 1.82) is 0 Å². The Hall–Kier alpha value is -4.33. The first-order chi connectivity index (χ1) is 16.4. The minimum Gasteiger partial charge on any atom is -0.439 e. The quantitative estimate of drug-likeness (QED) is 0.401. The van der Waals surface area contributed by atoms with Gasteiger partial charge in [0.15, 0.2) is 0 Å². The highest BCUT2D eigenvalue weighted by Gasteiger charge is 2.14. The first-order valence-electron chi connectivity index (χ1n) is 10.6. The van der Waals surface area contributed by atoms with Crippen LogP contribution in [0.2, 0.25) is 0 Å². The van der Waals surface area contributed by atoms with Crippen LogP contribution in [0.4, 0.5) is 14.5 Å². The molecule has 4 aromatic rings. The Morgan fingerprint density at radius 2 is 1.65 bits per heavy atom. The molecule has 4 rings (SSSR count). The molecule has 0 fully saturated rings. The fourth-order valence-electron chi connectivity index (χ4n) is 3.35. The normalized spacial score (nSPS) is 10.7. The van der Waals surface area contributed by atoms with Crippen LogP contribution >= 0.6 is 0 Å². The molecule has 0 bridgehead atoms. The minimum atomic E-state index is -0.401. The molecule has 0 saturated carbocycles. The molecule has 2 aromatic carbocycles. The molecule has 0 aliphatic heterocycles. The van der Waals surface area contributed by atoms with Crippen molar-refractivity contribution >= 4 is 11.6 Å². The van der Waals surface area contributed by atoms with E-state index in [1.165, 1.54) is 41.0 Å². The maximum Gasteiger partial charge on any atom is 0.275 e. The molecular formula is C26H21F2N3O3. The van der Waals surface area contributed by atoms with Gasteiger partial charge in [0.2, 0.25) is 11.8 Å². The summed E-state index contributed by atoms with van der Waals surface area (Å²) in [4.78, 5) is 29.3. The zero-order valence-electron chi connectivity index (χ0n) is 18.3. The number of amides is 1. The van der Waals surface area contributed by atoms with E-state index in [2.05, 4.69) is 10.3 Å². The van der Waals surface area contributed by atoms with Crippen molar-refractivity contribution in [1.82, 2.24) is 9.55 Å². The molecule has 0 radical (unpaired) electrons. The summed E-state index contributed by atoms with van der Waals surface area (Å²) in [6.07, 6.45) is 1.77. The predicted molar refractivity (Wildman–Crippen MR) is 125 cm³/mol. The van der Waals surface area contributed by atoms with Gasteiger partial charge in [0.1, 0.15) is 23.1 Å².